The Bertz CT molecular complexity index is 338. The lowest BCUT2D eigenvalue weighted by molar-refractivity contribution is -0.136. The molecule has 0 aromatic carbocycles. The van der Waals surface area contributed by atoms with Crippen LogP contribution in [0.25, 0.3) is 0 Å². The van der Waals surface area contributed by atoms with E-state index in [4.69, 9.17) is 0 Å². The maximum atomic E-state index is 12.2. The first-order valence-corrected chi connectivity index (χ1v) is 7.13. The summed E-state index contributed by atoms with van der Waals surface area (Å²) in [4.78, 5) is 0.953. The van der Waals surface area contributed by atoms with Gasteiger partial charge in [0.15, 0.2) is 0 Å². The van der Waals surface area contributed by atoms with Crippen LogP contribution in [-0.4, -0.2) is 12.7 Å². The molecule has 0 aliphatic heterocycles. The lowest BCUT2D eigenvalue weighted by Gasteiger charge is -2.18. The van der Waals surface area contributed by atoms with E-state index in [1.807, 2.05) is 18.4 Å². The lowest BCUT2D eigenvalue weighted by atomic mass is 10.1. The zero-order valence-corrected chi connectivity index (χ0v) is 11.9. The maximum absolute atomic E-state index is 12.2. The first-order valence-electron chi connectivity index (χ1n) is 5.46. The number of rotatable bonds is 6. The fourth-order valence-corrected chi connectivity index (χ4v) is 3.04. The number of halogens is 4. The molecule has 0 radical (unpaired) electrons. The molecule has 0 bridgehead atoms. The second-order valence-electron chi connectivity index (χ2n) is 3.83. The molecular weight excluding hydrogens is 315 g/mol. The van der Waals surface area contributed by atoms with Crippen LogP contribution in [0, 0.1) is 0 Å². The highest BCUT2D eigenvalue weighted by Crippen LogP contribution is 2.31. The van der Waals surface area contributed by atoms with Gasteiger partial charge in [0.05, 0.1) is 0 Å². The number of hydrogen-bond donors (Lipinski definition) is 1. The summed E-state index contributed by atoms with van der Waals surface area (Å²) in [6.07, 6.45) is -3.82. The van der Waals surface area contributed by atoms with Crippen LogP contribution in [0.15, 0.2) is 15.9 Å². The molecule has 17 heavy (non-hydrogen) atoms. The quantitative estimate of drug-likeness (QED) is 0.783. The summed E-state index contributed by atoms with van der Waals surface area (Å²) in [6, 6.07) is 1.68. The Labute approximate surface area is 112 Å². The first kappa shape index (κ1) is 15.0. The van der Waals surface area contributed by atoms with Crippen molar-refractivity contribution in [1.82, 2.24) is 5.32 Å². The van der Waals surface area contributed by atoms with E-state index in [0.29, 0.717) is 0 Å². The SMILES string of the molecule is CCCNC(CCC(F)(F)F)c1cc(Br)cs1. The topological polar surface area (TPSA) is 12.0 Å². The molecular formula is C11H15BrF3NS. The van der Waals surface area contributed by atoms with E-state index in [9.17, 15) is 13.2 Å². The Balaban J connectivity index is 2.60. The molecule has 0 fully saturated rings. The molecule has 0 saturated carbocycles. The second-order valence-corrected chi connectivity index (χ2v) is 5.69. The molecule has 1 nitrogen and oxygen atoms in total. The van der Waals surface area contributed by atoms with Crippen molar-refractivity contribution in [2.24, 2.45) is 0 Å². The molecule has 1 rings (SSSR count). The van der Waals surface area contributed by atoms with Crippen LogP contribution in [-0.2, 0) is 0 Å². The van der Waals surface area contributed by atoms with Gasteiger partial charge < -0.3 is 5.32 Å². The molecule has 98 valence electrons. The van der Waals surface area contributed by atoms with Crippen LogP contribution in [0.1, 0.15) is 37.1 Å². The summed E-state index contributed by atoms with van der Waals surface area (Å²) in [6.45, 7) is 2.73. The van der Waals surface area contributed by atoms with Gasteiger partial charge in [0.2, 0.25) is 0 Å². The monoisotopic (exact) mass is 329 g/mol. The number of hydrogen-bond acceptors (Lipinski definition) is 2. The minimum Gasteiger partial charge on any atom is -0.309 e. The van der Waals surface area contributed by atoms with Gasteiger partial charge >= 0.3 is 6.18 Å². The van der Waals surface area contributed by atoms with Crippen molar-refractivity contribution in [1.29, 1.82) is 0 Å². The molecule has 1 atom stereocenters. The van der Waals surface area contributed by atoms with Gasteiger partial charge in [-0.3, -0.25) is 0 Å². The Hall–Kier alpha value is -0.0700. The largest absolute Gasteiger partial charge is 0.389 e. The summed E-state index contributed by atoms with van der Waals surface area (Å²) in [7, 11) is 0. The van der Waals surface area contributed by atoms with Crippen LogP contribution in [0.5, 0.6) is 0 Å². The van der Waals surface area contributed by atoms with Gasteiger partial charge in [-0.05, 0) is 41.4 Å². The van der Waals surface area contributed by atoms with E-state index < -0.39 is 12.6 Å². The summed E-state index contributed by atoms with van der Waals surface area (Å²) >= 11 is 4.80. The van der Waals surface area contributed by atoms with Gasteiger partial charge in [0, 0.05) is 27.2 Å². The average Bonchev–Trinajstić information content (AvgIpc) is 2.63. The highest BCUT2D eigenvalue weighted by atomic mass is 79.9. The molecule has 1 aromatic rings. The molecule has 1 unspecified atom stereocenters. The summed E-state index contributed by atoms with van der Waals surface area (Å²) in [5.41, 5.74) is 0. The van der Waals surface area contributed by atoms with Gasteiger partial charge in [0.25, 0.3) is 0 Å². The molecule has 0 spiro atoms. The molecule has 1 N–H and O–H groups in total. The minimum atomic E-state index is -4.08. The fourth-order valence-electron chi connectivity index (χ4n) is 1.48. The van der Waals surface area contributed by atoms with Gasteiger partial charge in [-0.15, -0.1) is 11.3 Å². The predicted octanol–water partition coefficient (Wildman–Crippen LogP) is 4.89. The van der Waals surface area contributed by atoms with E-state index in [2.05, 4.69) is 21.2 Å². The molecule has 0 saturated heterocycles. The van der Waals surface area contributed by atoms with Crippen LogP contribution in [0.2, 0.25) is 0 Å². The molecule has 0 aliphatic carbocycles. The van der Waals surface area contributed by atoms with Crippen molar-refractivity contribution < 1.29 is 13.2 Å². The molecule has 1 aromatic heterocycles. The van der Waals surface area contributed by atoms with Crippen molar-refractivity contribution >= 4 is 27.3 Å². The number of alkyl halides is 3. The van der Waals surface area contributed by atoms with Crippen LogP contribution in [0.3, 0.4) is 0 Å². The fraction of sp³-hybridized carbons (Fsp3) is 0.636. The Morgan fingerprint density at radius 1 is 1.47 bits per heavy atom. The summed E-state index contributed by atoms with van der Waals surface area (Å²) < 4.78 is 37.6. The molecule has 0 aliphatic rings. The Kier molecular flexibility index (Phi) is 5.95. The average molecular weight is 330 g/mol. The predicted molar refractivity (Wildman–Crippen MR) is 68.3 cm³/mol. The van der Waals surface area contributed by atoms with Gasteiger partial charge in [-0.2, -0.15) is 13.2 Å². The van der Waals surface area contributed by atoms with Crippen molar-refractivity contribution in [2.75, 3.05) is 6.54 Å². The first-order chi connectivity index (χ1) is 7.92. The normalized spacial score (nSPS) is 13.9. The van der Waals surface area contributed by atoms with Crippen molar-refractivity contribution in [3.05, 3.63) is 20.8 Å². The lowest BCUT2D eigenvalue weighted by Crippen LogP contribution is -2.23. The van der Waals surface area contributed by atoms with E-state index >= 15 is 0 Å². The second kappa shape index (κ2) is 6.75. The third-order valence-electron chi connectivity index (χ3n) is 2.29. The van der Waals surface area contributed by atoms with E-state index in [1.165, 1.54) is 11.3 Å². The highest BCUT2D eigenvalue weighted by Gasteiger charge is 2.28. The van der Waals surface area contributed by atoms with Crippen molar-refractivity contribution in [3.63, 3.8) is 0 Å². The van der Waals surface area contributed by atoms with Gasteiger partial charge in [0.1, 0.15) is 0 Å². The molecule has 1 heterocycles. The van der Waals surface area contributed by atoms with Crippen molar-refractivity contribution in [2.45, 2.75) is 38.4 Å². The van der Waals surface area contributed by atoms with Gasteiger partial charge in [-0.1, -0.05) is 6.92 Å². The summed E-state index contributed by atoms with van der Waals surface area (Å²) in [5.74, 6) is 0. The number of nitrogens with one attached hydrogen (secondary N) is 1. The minimum absolute atomic E-state index is 0.0937. The van der Waals surface area contributed by atoms with E-state index in [1.54, 1.807) is 0 Å². The third-order valence-corrected chi connectivity index (χ3v) is 4.10. The van der Waals surface area contributed by atoms with E-state index in [0.717, 1.165) is 22.3 Å². The Morgan fingerprint density at radius 2 is 2.18 bits per heavy atom. The van der Waals surface area contributed by atoms with Crippen molar-refractivity contribution in [3.8, 4) is 0 Å². The zero-order chi connectivity index (χ0) is 12.9. The standard InChI is InChI=1S/C11H15BrF3NS/c1-2-5-16-9(3-4-11(13,14)15)10-6-8(12)7-17-10/h6-7,9,16H,2-5H2,1H3. The maximum Gasteiger partial charge on any atom is 0.389 e. The van der Waals surface area contributed by atoms with Crippen LogP contribution < -0.4 is 5.32 Å². The summed E-state index contributed by atoms with van der Waals surface area (Å²) in [5, 5.41) is 5.05. The zero-order valence-electron chi connectivity index (χ0n) is 9.48. The Morgan fingerprint density at radius 3 is 2.65 bits per heavy atom. The van der Waals surface area contributed by atoms with Crippen LogP contribution >= 0.6 is 27.3 Å². The van der Waals surface area contributed by atoms with Gasteiger partial charge in [-0.25, -0.2) is 0 Å². The smallest absolute Gasteiger partial charge is 0.309 e. The molecule has 6 heteroatoms. The number of thiophene rings is 1. The van der Waals surface area contributed by atoms with Crippen LogP contribution in [0.4, 0.5) is 13.2 Å². The highest BCUT2D eigenvalue weighted by molar-refractivity contribution is 9.10. The van der Waals surface area contributed by atoms with E-state index in [-0.39, 0.29) is 12.5 Å². The third kappa shape index (κ3) is 5.88. The molecule has 0 amide bonds.